The summed E-state index contributed by atoms with van der Waals surface area (Å²) in [6.07, 6.45) is 5.79. The third kappa shape index (κ3) is 3.53. The van der Waals surface area contributed by atoms with Crippen molar-refractivity contribution in [3.8, 4) is 5.75 Å². The molecule has 1 fully saturated rings. The molecule has 0 heterocycles. The lowest BCUT2D eigenvalue weighted by Gasteiger charge is -2.33. The summed E-state index contributed by atoms with van der Waals surface area (Å²) in [6, 6.07) is 4.97. The summed E-state index contributed by atoms with van der Waals surface area (Å²) in [7, 11) is 0. The molecule has 4 N–H and O–H groups in total. The van der Waals surface area contributed by atoms with Gasteiger partial charge in [-0.05, 0) is 31.9 Å². The van der Waals surface area contributed by atoms with E-state index in [0.29, 0.717) is 4.99 Å². The number of aromatic hydroxyl groups is 1. The predicted molar refractivity (Wildman–Crippen MR) is 87.5 cm³/mol. The number of hydrogen-bond donors (Lipinski definition) is 3. The summed E-state index contributed by atoms with van der Waals surface area (Å²) >= 11 is 5.22. The molecule has 0 aromatic heterocycles. The van der Waals surface area contributed by atoms with Crippen LogP contribution in [0, 0.1) is 6.92 Å². The number of carbonyl (C=O) groups is 1. The number of phenolic OH excluding ortho intramolecular Hbond substituents is 1. The second-order valence-corrected chi connectivity index (χ2v) is 6.28. The Morgan fingerprint density at radius 1 is 1.29 bits per heavy atom. The number of nitrogens with one attached hydrogen (secondary N) is 1. The molecule has 0 atom stereocenters. The van der Waals surface area contributed by atoms with Gasteiger partial charge in [0.05, 0.1) is 16.1 Å². The van der Waals surface area contributed by atoms with Gasteiger partial charge in [0, 0.05) is 0 Å². The minimum absolute atomic E-state index is 0.0233. The average Bonchev–Trinajstić information content (AvgIpc) is 2.68. The van der Waals surface area contributed by atoms with Crippen LogP contribution in [0.1, 0.15) is 54.4 Å². The monoisotopic (exact) mass is 306 g/mol. The number of amides is 1. The van der Waals surface area contributed by atoms with Crippen LogP contribution in [0.4, 0.5) is 0 Å². The van der Waals surface area contributed by atoms with Crippen molar-refractivity contribution in [1.29, 1.82) is 0 Å². The molecule has 0 saturated heterocycles. The number of benzene rings is 1. The van der Waals surface area contributed by atoms with E-state index < -0.39 is 5.54 Å². The fraction of sp³-hybridized carbons (Fsp3) is 0.500. The van der Waals surface area contributed by atoms with E-state index in [4.69, 9.17) is 18.0 Å². The molecule has 1 aliphatic carbocycles. The zero-order valence-corrected chi connectivity index (χ0v) is 13.1. The Morgan fingerprint density at radius 3 is 2.48 bits per heavy atom. The number of aryl methyl sites for hydroxylation is 1. The van der Waals surface area contributed by atoms with Crippen LogP contribution in [0.3, 0.4) is 0 Å². The molecule has 1 amide bonds. The fourth-order valence-corrected chi connectivity index (χ4v) is 3.14. The lowest BCUT2D eigenvalue weighted by Crippen LogP contribution is -2.56. The van der Waals surface area contributed by atoms with E-state index >= 15 is 0 Å². The number of nitrogens with two attached hydrogens (primary N) is 1. The first-order valence-corrected chi connectivity index (χ1v) is 7.77. The fourth-order valence-electron chi connectivity index (χ4n) is 2.88. The van der Waals surface area contributed by atoms with Crippen LogP contribution in [-0.2, 0) is 0 Å². The van der Waals surface area contributed by atoms with Crippen molar-refractivity contribution in [3.05, 3.63) is 29.3 Å². The van der Waals surface area contributed by atoms with Crippen molar-refractivity contribution < 1.29 is 9.90 Å². The molecule has 0 spiro atoms. The topological polar surface area (TPSA) is 75.3 Å². The predicted octanol–water partition coefficient (Wildman–Crippen LogP) is 2.81. The van der Waals surface area contributed by atoms with Crippen LogP contribution < -0.4 is 11.1 Å². The summed E-state index contributed by atoms with van der Waals surface area (Å²) in [5, 5.41) is 12.9. The lowest BCUT2D eigenvalue weighted by molar-refractivity contribution is 0.0914. The molecular weight excluding hydrogens is 284 g/mol. The third-order valence-corrected chi connectivity index (χ3v) is 4.57. The number of carbonyl (C=O) groups excluding carboxylic acids is 1. The molecule has 0 aliphatic heterocycles. The summed E-state index contributed by atoms with van der Waals surface area (Å²) in [5.74, 6) is -0.337. The molecular formula is C16H22N2O2S. The molecule has 4 nitrogen and oxygen atoms in total. The van der Waals surface area contributed by atoms with Crippen molar-refractivity contribution in [2.24, 2.45) is 5.73 Å². The molecule has 1 aliphatic rings. The van der Waals surface area contributed by atoms with E-state index in [1.54, 1.807) is 12.1 Å². The van der Waals surface area contributed by atoms with Gasteiger partial charge in [-0.3, -0.25) is 4.79 Å². The maximum absolute atomic E-state index is 12.5. The molecule has 1 aromatic rings. The van der Waals surface area contributed by atoms with Crippen LogP contribution in [0.2, 0.25) is 0 Å². The Kier molecular flexibility index (Phi) is 4.83. The van der Waals surface area contributed by atoms with E-state index in [9.17, 15) is 9.90 Å². The molecule has 2 rings (SSSR count). The van der Waals surface area contributed by atoms with Crippen molar-refractivity contribution in [2.75, 3.05) is 0 Å². The van der Waals surface area contributed by atoms with Crippen LogP contribution in [0.25, 0.3) is 0 Å². The highest BCUT2D eigenvalue weighted by Gasteiger charge is 2.36. The van der Waals surface area contributed by atoms with Crippen molar-refractivity contribution >= 4 is 23.1 Å². The van der Waals surface area contributed by atoms with E-state index in [0.717, 1.165) is 44.1 Å². The van der Waals surface area contributed by atoms with Crippen molar-refractivity contribution in [3.63, 3.8) is 0 Å². The molecule has 1 aromatic carbocycles. The first kappa shape index (κ1) is 15.8. The number of thiocarbonyl (C=S) groups is 1. The minimum Gasteiger partial charge on any atom is -0.507 e. The Balaban J connectivity index is 2.26. The zero-order valence-electron chi connectivity index (χ0n) is 12.3. The van der Waals surface area contributed by atoms with Crippen LogP contribution in [0.5, 0.6) is 5.75 Å². The van der Waals surface area contributed by atoms with E-state index in [2.05, 4.69) is 5.32 Å². The third-order valence-electron chi connectivity index (χ3n) is 4.18. The smallest absolute Gasteiger partial charge is 0.255 e. The molecule has 0 unspecified atom stereocenters. The van der Waals surface area contributed by atoms with Gasteiger partial charge in [-0.2, -0.15) is 0 Å². The highest BCUT2D eigenvalue weighted by atomic mass is 32.1. The van der Waals surface area contributed by atoms with Gasteiger partial charge in [0.15, 0.2) is 0 Å². The number of hydrogen-bond acceptors (Lipinski definition) is 3. The van der Waals surface area contributed by atoms with E-state index in [-0.39, 0.29) is 17.2 Å². The van der Waals surface area contributed by atoms with Crippen LogP contribution in [-0.4, -0.2) is 21.5 Å². The first-order chi connectivity index (χ1) is 9.94. The second kappa shape index (κ2) is 6.43. The lowest BCUT2D eigenvalue weighted by atomic mass is 9.89. The van der Waals surface area contributed by atoms with Crippen molar-refractivity contribution in [2.45, 2.75) is 51.0 Å². The summed E-state index contributed by atoms with van der Waals surface area (Å²) in [4.78, 5) is 12.9. The highest BCUT2D eigenvalue weighted by Crippen LogP contribution is 2.29. The molecule has 0 radical (unpaired) electrons. The van der Waals surface area contributed by atoms with Crippen molar-refractivity contribution in [1.82, 2.24) is 5.32 Å². The molecule has 1 saturated carbocycles. The Hall–Kier alpha value is -1.62. The minimum atomic E-state index is -0.626. The SMILES string of the molecule is Cc1ccc(O)c(C(=O)NC2(C(N)=S)CCCCCC2)c1. The van der Waals surface area contributed by atoms with Gasteiger partial charge in [-0.15, -0.1) is 0 Å². The van der Waals surface area contributed by atoms with Gasteiger partial charge < -0.3 is 16.2 Å². The van der Waals surface area contributed by atoms with Gasteiger partial charge in [0.25, 0.3) is 5.91 Å². The van der Waals surface area contributed by atoms with E-state index in [1.807, 2.05) is 6.92 Å². The maximum Gasteiger partial charge on any atom is 0.255 e. The quantitative estimate of drug-likeness (QED) is 0.593. The van der Waals surface area contributed by atoms with E-state index in [1.165, 1.54) is 6.07 Å². The normalized spacial score (nSPS) is 17.8. The van der Waals surface area contributed by atoms with Crippen LogP contribution >= 0.6 is 12.2 Å². The molecule has 5 heteroatoms. The van der Waals surface area contributed by atoms with Gasteiger partial charge in [0.2, 0.25) is 0 Å². The maximum atomic E-state index is 12.5. The van der Waals surface area contributed by atoms with Crippen LogP contribution in [0.15, 0.2) is 18.2 Å². The number of rotatable bonds is 3. The Morgan fingerprint density at radius 2 is 1.90 bits per heavy atom. The zero-order chi connectivity index (χ0) is 15.5. The molecule has 21 heavy (non-hydrogen) atoms. The second-order valence-electron chi connectivity index (χ2n) is 5.84. The van der Waals surface area contributed by atoms with Gasteiger partial charge in [-0.25, -0.2) is 0 Å². The average molecular weight is 306 g/mol. The summed E-state index contributed by atoms with van der Waals surface area (Å²) in [6.45, 7) is 1.88. The largest absolute Gasteiger partial charge is 0.507 e. The first-order valence-electron chi connectivity index (χ1n) is 7.37. The Labute approximate surface area is 130 Å². The standard InChI is InChI=1S/C16H22N2O2S/c1-11-6-7-13(19)12(10-11)14(20)18-16(15(17)21)8-4-2-3-5-9-16/h6-7,10,19H,2-5,8-9H2,1H3,(H2,17,21)(H,18,20). The van der Waals surface area contributed by atoms with Gasteiger partial charge in [0.1, 0.15) is 5.75 Å². The molecule has 114 valence electrons. The summed E-state index contributed by atoms with van der Waals surface area (Å²) in [5.41, 5.74) is 6.49. The highest BCUT2D eigenvalue weighted by molar-refractivity contribution is 7.80. The summed E-state index contributed by atoms with van der Waals surface area (Å²) < 4.78 is 0. The number of phenols is 1. The van der Waals surface area contributed by atoms with Gasteiger partial charge in [-0.1, -0.05) is 49.5 Å². The van der Waals surface area contributed by atoms with Gasteiger partial charge >= 0.3 is 0 Å². The molecule has 0 bridgehead atoms. The Bertz CT molecular complexity index is 549.